The van der Waals surface area contributed by atoms with Gasteiger partial charge in [-0.2, -0.15) is 0 Å². The predicted octanol–water partition coefficient (Wildman–Crippen LogP) is 0.356. The van der Waals surface area contributed by atoms with Gasteiger partial charge in [0.2, 0.25) is 11.8 Å². The van der Waals surface area contributed by atoms with E-state index in [9.17, 15) is 14.7 Å². The normalized spacial score (nSPS) is 11.4. The molecule has 1 rings (SSSR count). The highest BCUT2D eigenvalue weighted by atomic mass is 16.3. The summed E-state index contributed by atoms with van der Waals surface area (Å²) in [5.74, 6) is -0.945. The first-order valence-corrected chi connectivity index (χ1v) is 6.00. The van der Waals surface area contributed by atoms with E-state index in [0.29, 0.717) is 6.54 Å². The van der Waals surface area contributed by atoms with E-state index in [2.05, 4.69) is 17.2 Å². The van der Waals surface area contributed by atoms with Crippen molar-refractivity contribution in [2.75, 3.05) is 6.54 Å². The quantitative estimate of drug-likeness (QED) is 0.621. The number of hydrogen-bond acceptors (Lipinski definition) is 3. The summed E-state index contributed by atoms with van der Waals surface area (Å²) in [6.45, 7) is 4.08. The van der Waals surface area contributed by atoms with Crippen LogP contribution < -0.4 is 10.6 Å². The summed E-state index contributed by atoms with van der Waals surface area (Å²) in [5.41, 5.74) is 0.960. The van der Waals surface area contributed by atoms with Crippen molar-refractivity contribution in [3.63, 3.8) is 0 Å². The van der Waals surface area contributed by atoms with E-state index in [1.165, 1.54) is 6.08 Å². The van der Waals surface area contributed by atoms with Gasteiger partial charge in [-0.15, -0.1) is 6.58 Å². The van der Waals surface area contributed by atoms with E-state index in [0.717, 1.165) is 5.56 Å². The van der Waals surface area contributed by atoms with Crippen molar-refractivity contribution in [3.05, 3.63) is 48.6 Å². The summed E-state index contributed by atoms with van der Waals surface area (Å²) in [6, 6.07) is 9.40. The van der Waals surface area contributed by atoms with Crippen LogP contribution in [0.15, 0.2) is 43.0 Å². The Morgan fingerprint density at radius 3 is 2.58 bits per heavy atom. The molecule has 102 valence electrons. The van der Waals surface area contributed by atoms with Crippen molar-refractivity contribution in [3.8, 4) is 0 Å². The number of carbonyl (C=O) groups excluding carboxylic acids is 2. The second-order valence-corrected chi connectivity index (χ2v) is 4.02. The lowest BCUT2D eigenvalue weighted by atomic mass is 10.2. The van der Waals surface area contributed by atoms with Crippen molar-refractivity contribution in [1.82, 2.24) is 10.6 Å². The van der Waals surface area contributed by atoms with E-state index < -0.39 is 12.0 Å². The minimum absolute atomic E-state index is 0.254. The summed E-state index contributed by atoms with van der Waals surface area (Å²) in [6.07, 6.45) is -0.0914. The number of rotatable bonds is 7. The summed E-state index contributed by atoms with van der Waals surface area (Å²) in [5, 5.41) is 14.6. The van der Waals surface area contributed by atoms with Crippen LogP contribution >= 0.6 is 0 Å². The number of carbonyl (C=O) groups is 2. The molecule has 0 radical (unpaired) electrons. The van der Waals surface area contributed by atoms with Gasteiger partial charge in [0.1, 0.15) is 6.10 Å². The Morgan fingerprint density at radius 2 is 1.95 bits per heavy atom. The highest BCUT2D eigenvalue weighted by molar-refractivity contribution is 5.87. The first-order chi connectivity index (χ1) is 9.13. The largest absolute Gasteiger partial charge is 0.383 e. The third kappa shape index (κ3) is 5.83. The Morgan fingerprint density at radius 1 is 1.26 bits per heavy atom. The van der Waals surface area contributed by atoms with Crippen molar-refractivity contribution in [2.24, 2.45) is 0 Å². The predicted molar refractivity (Wildman–Crippen MR) is 72.1 cm³/mol. The highest BCUT2D eigenvalue weighted by Crippen LogP contribution is 1.98. The molecule has 5 heteroatoms. The van der Waals surface area contributed by atoms with Crippen LogP contribution in [-0.2, 0) is 16.1 Å². The van der Waals surface area contributed by atoms with Gasteiger partial charge < -0.3 is 15.7 Å². The van der Waals surface area contributed by atoms with Crippen molar-refractivity contribution < 1.29 is 14.7 Å². The molecule has 0 aromatic heterocycles. The van der Waals surface area contributed by atoms with E-state index in [-0.39, 0.29) is 18.9 Å². The Balaban J connectivity index is 2.30. The molecule has 0 heterocycles. The molecule has 0 aliphatic rings. The molecule has 5 nitrogen and oxygen atoms in total. The van der Waals surface area contributed by atoms with Crippen LogP contribution in [0.25, 0.3) is 0 Å². The number of benzene rings is 1. The first-order valence-electron chi connectivity index (χ1n) is 6.00. The molecule has 0 saturated carbocycles. The molecule has 1 atom stereocenters. The summed E-state index contributed by atoms with van der Waals surface area (Å²) >= 11 is 0. The molecule has 0 aliphatic carbocycles. The molecule has 1 aromatic rings. The number of aliphatic hydroxyl groups is 1. The zero-order valence-corrected chi connectivity index (χ0v) is 10.6. The van der Waals surface area contributed by atoms with Crippen LogP contribution in [-0.4, -0.2) is 29.6 Å². The number of aliphatic hydroxyl groups excluding tert-OH is 1. The Labute approximate surface area is 112 Å². The number of amides is 2. The van der Waals surface area contributed by atoms with Gasteiger partial charge >= 0.3 is 0 Å². The molecule has 1 aromatic carbocycles. The molecular formula is C14H18N2O3. The smallest absolute Gasteiger partial charge is 0.249 e. The monoisotopic (exact) mass is 262 g/mol. The van der Waals surface area contributed by atoms with Gasteiger partial charge in [-0.3, -0.25) is 9.59 Å². The molecule has 3 N–H and O–H groups in total. The zero-order chi connectivity index (χ0) is 14.1. The van der Waals surface area contributed by atoms with E-state index in [1.807, 2.05) is 30.3 Å². The molecule has 0 aliphatic heterocycles. The van der Waals surface area contributed by atoms with Gasteiger partial charge in [-0.1, -0.05) is 36.4 Å². The standard InChI is InChI=1S/C14H18N2O3/c1-2-8-15-14(19)12(17)9-13(18)16-10-11-6-4-3-5-7-11/h2-7,12,17H,1,8-10H2,(H,15,19)(H,16,18)/t12-/m1/s1. The van der Waals surface area contributed by atoms with Gasteiger partial charge in [-0.05, 0) is 5.56 Å². The lowest BCUT2D eigenvalue weighted by Crippen LogP contribution is -2.38. The van der Waals surface area contributed by atoms with E-state index in [4.69, 9.17) is 0 Å². The molecule has 0 fully saturated rings. The fourth-order valence-electron chi connectivity index (χ4n) is 1.43. The summed E-state index contributed by atoms with van der Waals surface area (Å²) in [4.78, 5) is 22.9. The van der Waals surface area contributed by atoms with Gasteiger partial charge in [0.05, 0.1) is 6.42 Å². The van der Waals surface area contributed by atoms with E-state index in [1.54, 1.807) is 0 Å². The maximum Gasteiger partial charge on any atom is 0.249 e. The van der Waals surface area contributed by atoms with Crippen LogP contribution in [0, 0.1) is 0 Å². The highest BCUT2D eigenvalue weighted by Gasteiger charge is 2.17. The van der Waals surface area contributed by atoms with Gasteiger partial charge in [0, 0.05) is 13.1 Å². The fraction of sp³-hybridized carbons (Fsp3) is 0.286. The number of hydrogen-bond donors (Lipinski definition) is 3. The maximum atomic E-state index is 11.5. The Hall–Kier alpha value is -2.14. The van der Waals surface area contributed by atoms with Crippen molar-refractivity contribution >= 4 is 11.8 Å². The van der Waals surface area contributed by atoms with Crippen LogP contribution in [0.4, 0.5) is 0 Å². The summed E-state index contributed by atoms with van der Waals surface area (Å²) < 4.78 is 0. The third-order valence-electron chi connectivity index (χ3n) is 2.43. The van der Waals surface area contributed by atoms with E-state index >= 15 is 0 Å². The molecule has 2 amide bonds. The topological polar surface area (TPSA) is 78.4 Å². The zero-order valence-electron chi connectivity index (χ0n) is 10.6. The van der Waals surface area contributed by atoms with Crippen molar-refractivity contribution in [2.45, 2.75) is 19.1 Å². The first kappa shape index (κ1) is 14.9. The van der Waals surface area contributed by atoms with Gasteiger partial charge in [0.15, 0.2) is 0 Å². The second-order valence-electron chi connectivity index (χ2n) is 4.02. The maximum absolute atomic E-state index is 11.5. The summed E-state index contributed by atoms with van der Waals surface area (Å²) in [7, 11) is 0. The lowest BCUT2D eigenvalue weighted by Gasteiger charge is -2.10. The minimum atomic E-state index is -1.34. The SMILES string of the molecule is C=CCNC(=O)[C@H](O)CC(=O)NCc1ccccc1. The third-order valence-corrected chi connectivity index (χ3v) is 2.43. The van der Waals surface area contributed by atoms with Gasteiger partial charge in [-0.25, -0.2) is 0 Å². The Bertz CT molecular complexity index is 432. The molecule has 19 heavy (non-hydrogen) atoms. The molecule has 0 saturated heterocycles. The van der Waals surface area contributed by atoms with Crippen LogP contribution in [0.1, 0.15) is 12.0 Å². The van der Waals surface area contributed by atoms with Gasteiger partial charge in [0.25, 0.3) is 0 Å². The minimum Gasteiger partial charge on any atom is -0.383 e. The average molecular weight is 262 g/mol. The lowest BCUT2D eigenvalue weighted by molar-refractivity contribution is -0.134. The van der Waals surface area contributed by atoms with Crippen LogP contribution in [0.3, 0.4) is 0 Å². The molecular weight excluding hydrogens is 244 g/mol. The second kappa shape index (κ2) is 8.05. The molecule has 0 bridgehead atoms. The molecule has 0 unspecified atom stereocenters. The van der Waals surface area contributed by atoms with Crippen LogP contribution in [0.2, 0.25) is 0 Å². The fourth-order valence-corrected chi connectivity index (χ4v) is 1.43. The number of nitrogens with one attached hydrogen (secondary N) is 2. The van der Waals surface area contributed by atoms with Crippen molar-refractivity contribution in [1.29, 1.82) is 0 Å². The average Bonchev–Trinajstić information content (AvgIpc) is 2.43. The van der Waals surface area contributed by atoms with Crippen LogP contribution in [0.5, 0.6) is 0 Å². The Kier molecular flexibility index (Phi) is 6.32. The molecule has 0 spiro atoms.